The van der Waals surface area contributed by atoms with Crippen molar-refractivity contribution in [3.63, 3.8) is 0 Å². The van der Waals surface area contributed by atoms with Crippen LogP contribution in [0.4, 0.5) is 0 Å². The number of amides is 4. The quantitative estimate of drug-likeness (QED) is 0.248. The zero-order chi connectivity index (χ0) is 17.1. The van der Waals surface area contributed by atoms with E-state index in [0.717, 1.165) is 0 Å². The number of hydrogen-bond acceptors (Lipinski definition) is 5. The molecule has 0 saturated heterocycles. The van der Waals surface area contributed by atoms with Crippen LogP contribution < -0.4 is 21.3 Å². The second-order valence-corrected chi connectivity index (χ2v) is 4.84. The van der Waals surface area contributed by atoms with Crippen molar-refractivity contribution in [3.8, 4) is 0 Å². The minimum Gasteiger partial charge on any atom is -0.354 e. The summed E-state index contributed by atoms with van der Waals surface area (Å²) in [5, 5.41) is 9.61. The van der Waals surface area contributed by atoms with Gasteiger partial charge < -0.3 is 21.3 Å². The van der Waals surface area contributed by atoms with Crippen LogP contribution in [0.1, 0.15) is 0 Å². The number of hydrogen-bond donors (Lipinski definition) is 5. The molecule has 8 nitrogen and oxygen atoms in total. The molecule has 0 unspecified atom stereocenters. The fraction of sp³-hybridized carbons (Fsp3) is 0.357. The Balaban J connectivity index is 2.14. The zero-order valence-electron chi connectivity index (χ0n) is 12.3. The third-order valence-electron chi connectivity index (χ3n) is 2.58. The molecule has 0 bridgehead atoms. The minimum atomic E-state index is -0.514. The molecule has 0 aliphatic heterocycles. The lowest BCUT2D eigenvalue weighted by atomic mass is 10.3. The van der Waals surface area contributed by atoms with E-state index in [4.69, 9.17) is 0 Å². The van der Waals surface area contributed by atoms with Crippen molar-refractivity contribution in [2.75, 3.05) is 31.9 Å². The number of thiol groups is 1. The maximum absolute atomic E-state index is 11.6. The molecule has 124 valence electrons. The van der Waals surface area contributed by atoms with Gasteiger partial charge in [0.25, 0.3) is 5.91 Å². The molecule has 0 saturated carbocycles. The SMILES string of the molecule is O=C(CNC(=O)CNC(=O)CNC(=O)C1=C=CC=C1)NCCS. The molecule has 0 heterocycles. The molecule has 0 spiro atoms. The van der Waals surface area contributed by atoms with E-state index in [9.17, 15) is 19.2 Å². The molecular formula is C14H18N4O4S. The molecule has 0 radical (unpaired) electrons. The van der Waals surface area contributed by atoms with Gasteiger partial charge in [0.2, 0.25) is 17.7 Å². The van der Waals surface area contributed by atoms with Crippen LogP contribution in [0.15, 0.2) is 29.5 Å². The van der Waals surface area contributed by atoms with Gasteiger partial charge in [0.1, 0.15) is 0 Å². The highest BCUT2D eigenvalue weighted by Gasteiger charge is 2.11. The average molecular weight is 338 g/mol. The fourth-order valence-corrected chi connectivity index (χ4v) is 1.58. The van der Waals surface area contributed by atoms with E-state index in [1.165, 1.54) is 0 Å². The Morgan fingerprint density at radius 3 is 2.00 bits per heavy atom. The first-order valence-electron chi connectivity index (χ1n) is 6.85. The summed E-state index contributed by atoms with van der Waals surface area (Å²) >= 11 is 3.93. The van der Waals surface area contributed by atoms with E-state index in [2.05, 4.69) is 39.6 Å². The van der Waals surface area contributed by atoms with E-state index < -0.39 is 17.7 Å². The summed E-state index contributed by atoms with van der Waals surface area (Å²) in [5.41, 5.74) is 3.04. The number of rotatable bonds is 9. The third-order valence-corrected chi connectivity index (χ3v) is 2.80. The van der Waals surface area contributed by atoms with Gasteiger partial charge in [-0.05, 0) is 12.2 Å². The van der Waals surface area contributed by atoms with E-state index in [1.807, 2.05) is 0 Å². The topological polar surface area (TPSA) is 116 Å². The number of carbonyl (C=O) groups is 4. The molecule has 1 rings (SSSR count). The zero-order valence-corrected chi connectivity index (χ0v) is 13.2. The van der Waals surface area contributed by atoms with Crippen LogP contribution in [0, 0.1) is 0 Å². The molecule has 0 aromatic carbocycles. The summed E-state index contributed by atoms with van der Waals surface area (Å²) in [6.45, 7) is -0.300. The van der Waals surface area contributed by atoms with Crippen molar-refractivity contribution in [2.24, 2.45) is 0 Å². The Bertz CT molecular complexity index is 579. The maximum Gasteiger partial charge on any atom is 0.259 e. The van der Waals surface area contributed by atoms with E-state index in [0.29, 0.717) is 17.9 Å². The van der Waals surface area contributed by atoms with E-state index in [1.54, 1.807) is 18.2 Å². The van der Waals surface area contributed by atoms with Gasteiger partial charge in [-0.2, -0.15) is 12.6 Å². The molecule has 9 heteroatoms. The standard InChI is InChI=1S/C14H18N4O4S/c19-11(15-5-6-23)7-16-12(20)8-17-13(21)9-18-14(22)10-3-1-2-4-10/h1-3,23H,5-9H2,(H,15,19)(H,16,20)(H,17,21)(H,18,22). The van der Waals surface area contributed by atoms with Gasteiger partial charge >= 0.3 is 0 Å². The first-order valence-corrected chi connectivity index (χ1v) is 7.48. The highest BCUT2D eigenvalue weighted by molar-refractivity contribution is 7.80. The predicted octanol–water partition coefficient (Wildman–Crippen LogP) is -1.97. The predicted molar refractivity (Wildman–Crippen MR) is 86.6 cm³/mol. The van der Waals surface area contributed by atoms with Crippen LogP contribution in [0.25, 0.3) is 0 Å². The lowest BCUT2D eigenvalue weighted by molar-refractivity contribution is -0.128. The lowest BCUT2D eigenvalue weighted by Crippen LogP contribution is -2.44. The summed E-state index contributed by atoms with van der Waals surface area (Å²) in [6.07, 6.45) is 4.82. The minimum absolute atomic E-state index is 0.175. The van der Waals surface area contributed by atoms with Crippen LogP contribution in [0.3, 0.4) is 0 Å². The fourth-order valence-electron chi connectivity index (χ4n) is 1.47. The summed E-state index contributed by atoms with van der Waals surface area (Å²) in [4.78, 5) is 45.7. The van der Waals surface area contributed by atoms with Gasteiger partial charge in [0.15, 0.2) is 0 Å². The van der Waals surface area contributed by atoms with Crippen molar-refractivity contribution < 1.29 is 19.2 Å². The van der Waals surface area contributed by atoms with Gasteiger partial charge in [-0.1, -0.05) is 6.08 Å². The molecule has 4 N–H and O–H groups in total. The van der Waals surface area contributed by atoms with Crippen LogP contribution in [-0.4, -0.2) is 55.6 Å². The molecule has 0 aromatic heterocycles. The molecule has 1 aliphatic rings. The number of nitrogens with one attached hydrogen (secondary N) is 4. The molecular weight excluding hydrogens is 320 g/mol. The molecule has 4 amide bonds. The second-order valence-electron chi connectivity index (χ2n) is 4.39. The van der Waals surface area contributed by atoms with Gasteiger partial charge in [-0.25, -0.2) is 0 Å². The normalized spacial score (nSPS) is 11.6. The summed E-state index contributed by atoms with van der Waals surface area (Å²) in [7, 11) is 0. The van der Waals surface area contributed by atoms with Gasteiger partial charge in [-0.3, -0.25) is 19.2 Å². The first-order chi connectivity index (χ1) is 11.0. The first kappa shape index (κ1) is 18.5. The smallest absolute Gasteiger partial charge is 0.259 e. The van der Waals surface area contributed by atoms with Gasteiger partial charge in [0.05, 0.1) is 25.2 Å². The van der Waals surface area contributed by atoms with Crippen LogP contribution in [-0.2, 0) is 19.2 Å². The molecule has 1 aliphatic carbocycles. The molecule has 0 atom stereocenters. The van der Waals surface area contributed by atoms with E-state index in [-0.39, 0.29) is 25.5 Å². The summed E-state index contributed by atoms with van der Waals surface area (Å²) in [5.74, 6) is -1.27. The van der Waals surface area contributed by atoms with Crippen molar-refractivity contribution in [2.45, 2.75) is 0 Å². The van der Waals surface area contributed by atoms with Crippen LogP contribution >= 0.6 is 12.6 Å². The Kier molecular flexibility index (Phi) is 8.27. The van der Waals surface area contributed by atoms with Crippen LogP contribution in [0.2, 0.25) is 0 Å². The second kappa shape index (κ2) is 10.3. The third kappa shape index (κ3) is 7.89. The number of allylic oxidation sites excluding steroid dienone is 1. The Morgan fingerprint density at radius 1 is 0.913 bits per heavy atom. The van der Waals surface area contributed by atoms with E-state index >= 15 is 0 Å². The van der Waals surface area contributed by atoms with Gasteiger partial charge in [-0.15, -0.1) is 5.73 Å². The van der Waals surface area contributed by atoms with Crippen molar-refractivity contribution in [1.82, 2.24) is 21.3 Å². The molecule has 0 fully saturated rings. The van der Waals surface area contributed by atoms with Crippen molar-refractivity contribution in [3.05, 3.63) is 29.5 Å². The van der Waals surface area contributed by atoms with Crippen molar-refractivity contribution >= 4 is 36.3 Å². The number of carbonyl (C=O) groups excluding carboxylic acids is 4. The summed E-state index contributed by atoms with van der Waals surface area (Å²) < 4.78 is 0. The molecule has 0 aromatic rings. The van der Waals surface area contributed by atoms with Crippen LogP contribution in [0.5, 0.6) is 0 Å². The van der Waals surface area contributed by atoms with Crippen molar-refractivity contribution in [1.29, 1.82) is 0 Å². The largest absolute Gasteiger partial charge is 0.354 e. The maximum atomic E-state index is 11.6. The molecule has 23 heavy (non-hydrogen) atoms. The Hall–Kier alpha value is -2.51. The monoisotopic (exact) mass is 338 g/mol. The van der Waals surface area contributed by atoms with Gasteiger partial charge in [0, 0.05) is 12.3 Å². The highest BCUT2D eigenvalue weighted by atomic mass is 32.1. The average Bonchev–Trinajstić information content (AvgIpc) is 3.08. The summed E-state index contributed by atoms with van der Waals surface area (Å²) in [6, 6.07) is 0. The lowest BCUT2D eigenvalue weighted by Gasteiger charge is -2.08. The Labute approximate surface area is 138 Å². The highest BCUT2D eigenvalue weighted by Crippen LogP contribution is 2.00. The Morgan fingerprint density at radius 2 is 1.48 bits per heavy atom.